The van der Waals surface area contributed by atoms with Crippen molar-refractivity contribution in [3.8, 4) is 0 Å². The summed E-state index contributed by atoms with van der Waals surface area (Å²) in [4.78, 5) is 13.8. The van der Waals surface area contributed by atoms with Crippen molar-refractivity contribution in [3.05, 3.63) is 35.1 Å². The van der Waals surface area contributed by atoms with Crippen molar-refractivity contribution in [2.45, 2.75) is 13.3 Å². The van der Waals surface area contributed by atoms with Gasteiger partial charge in [0, 0.05) is 26.2 Å². The summed E-state index contributed by atoms with van der Waals surface area (Å²) in [7, 11) is 0. The van der Waals surface area contributed by atoms with Crippen molar-refractivity contribution in [1.29, 1.82) is 0 Å². The van der Waals surface area contributed by atoms with Gasteiger partial charge in [0.2, 0.25) is 5.91 Å². The van der Waals surface area contributed by atoms with E-state index in [1.807, 2.05) is 11.8 Å². The van der Waals surface area contributed by atoms with Crippen LogP contribution in [0.5, 0.6) is 0 Å². The largest absolute Gasteiger partial charge is 0.340 e. The quantitative estimate of drug-likeness (QED) is 0.886. The fourth-order valence-corrected chi connectivity index (χ4v) is 2.02. The maximum absolute atomic E-state index is 13.1. The predicted octanol–water partition coefficient (Wildman–Crippen LogP) is 1.53. The Balaban J connectivity index is 0.00000162. The second-order valence-corrected chi connectivity index (χ2v) is 4.38. The lowest BCUT2D eigenvalue weighted by molar-refractivity contribution is -0.131. The number of carbonyl (C=O) groups excluding carboxylic acids is 1. The third-order valence-electron chi connectivity index (χ3n) is 3.12. The Labute approximate surface area is 113 Å². The van der Waals surface area contributed by atoms with Crippen molar-refractivity contribution in [2.24, 2.45) is 0 Å². The molecule has 18 heavy (non-hydrogen) atoms. The second kappa shape index (κ2) is 6.71. The van der Waals surface area contributed by atoms with E-state index in [0.717, 1.165) is 37.3 Å². The van der Waals surface area contributed by atoms with Crippen LogP contribution in [-0.2, 0) is 11.2 Å². The molecule has 100 valence electrons. The highest BCUT2D eigenvalue weighted by Crippen LogP contribution is 2.12. The Morgan fingerprint density at radius 2 is 2.06 bits per heavy atom. The number of aryl methyl sites for hydroxylation is 1. The molecule has 0 bridgehead atoms. The minimum atomic E-state index is -0.279. The van der Waals surface area contributed by atoms with Crippen LogP contribution in [0.4, 0.5) is 4.39 Å². The summed E-state index contributed by atoms with van der Waals surface area (Å²) >= 11 is 0. The van der Waals surface area contributed by atoms with Crippen LogP contribution in [0.2, 0.25) is 0 Å². The average Bonchev–Trinajstić information content (AvgIpc) is 2.35. The standard InChI is InChI=1S/C13H17FN2O.ClH/c1-10-2-3-12(14)8-11(10)9-13(17)16-6-4-15-5-7-16;/h2-3,8,15H,4-7,9H2,1H3;1H. The molecule has 0 atom stereocenters. The maximum atomic E-state index is 13.1. The first kappa shape index (κ1) is 14.9. The van der Waals surface area contributed by atoms with Gasteiger partial charge >= 0.3 is 0 Å². The van der Waals surface area contributed by atoms with Crippen molar-refractivity contribution in [3.63, 3.8) is 0 Å². The van der Waals surface area contributed by atoms with Crippen LogP contribution >= 0.6 is 12.4 Å². The smallest absolute Gasteiger partial charge is 0.227 e. The summed E-state index contributed by atoms with van der Waals surface area (Å²) in [6.45, 7) is 5.07. The normalized spacial score (nSPS) is 15.1. The topological polar surface area (TPSA) is 32.3 Å². The molecular formula is C13H18ClFN2O. The molecule has 0 aliphatic carbocycles. The Kier molecular flexibility index (Phi) is 5.56. The molecule has 0 radical (unpaired) electrons. The number of rotatable bonds is 2. The van der Waals surface area contributed by atoms with Gasteiger partial charge in [0.1, 0.15) is 5.82 Å². The summed E-state index contributed by atoms with van der Waals surface area (Å²) in [6, 6.07) is 4.60. The highest BCUT2D eigenvalue weighted by Gasteiger charge is 2.17. The average molecular weight is 273 g/mol. The molecule has 1 aromatic carbocycles. The van der Waals surface area contributed by atoms with Crippen LogP contribution in [0.1, 0.15) is 11.1 Å². The minimum absolute atomic E-state index is 0. The molecule has 1 aliphatic rings. The van der Waals surface area contributed by atoms with Gasteiger partial charge in [-0.1, -0.05) is 6.07 Å². The first-order valence-corrected chi connectivity index (χ1v) is 5.90. The van der Waals surface area contributed by atoms with Gasteiger partial charge in [0.25, 0.3) is 0 Å². The van der Waals surface area contributed by atoms with Crippen molar-refractivity contribution >= 4 is 18.3 Å². The molecule has 3 nitrogen and oxygen atoms in total. The van der Waals surface area contributed by atoms with Crippen molar-refractivity contribution in [2.75, 3.05) is 26.2 Å². The lowest BCUT2D eigenvalue weighted by Gasteiger charge is -2.27. The van der Waals surface area contributed by atoms with E-state index in [1.165, 1.54) is 12.1 Å². The molecule has 5 heteroatoms. The van der Waals surface area contributed by atoms with Crippen molar-refractivity contribution in [1.82, 2.24) is 10.2 Å². The van der Waals surface area contributed by atoms with Gasteiger partial charge in [0.05, 0.1) is 6.42 Å². The molecular weight excluding hydrogens is 255 g/mol. The van der Waals surface area contributed by atoms with E-state index < -0.39 is 0 Å². The Morgan fingerprint density at radius 3 is 2.72 bits per heavy atom. The summed E-state index contributed by atoms with van der Waals surface area (Å²) < 4.78 is 13.1. The monoisotopic (exact) mass is 272 g/mol. The van der Waals surface area contributed by atoms with Crippen LogP contribution in [0.25, 0.3) is 0 Å². The van der Waals surface area contributed by atoms with E-state index >= 15 is 0 Å². The first-order valence-electron chi connectivity index (χ1n) is 5.90. The lowest BCUT2D eigenvalue weighted by Crippen LogP contribution is -2.47. The third kappa shape index (κ3) is 3.68. The predicted molar refractivity (Wildman–Crippen MR) is 71.5 cm³/mol. The van der Waals surface area contributed by atoms with E-state index in [2.05, 4.69) is 5.32 Å². The van der Waals surface area contributed by atoms with Crippen LogP contribution in [0, 0.1) is 12.7 Å². The van der Waals surface area contributed by atoms with E-state index in [1.54, 1.807) is 6.07 Å². The molecule has 1 heterocycles. The number of nitrogens with zero attached hydrogens (tertiary/aromatic N) is 1. The molecule has 1 amide bonds. The molecule has 1 aromatic rings. The number of benzene rings is 1. The highest BCUT2D eigenvalue weighted by atomic mass is 35.5. The number of amides is 1. The van der Waals surface area contributed by atoms with E-state index in [0.29, 0.717) is 6.42 Å². The fraction of sp³-hybridized carbons (Fsp3) is 0.462. The van der Waals surface area contributed by atoms with Crippen LogP contribution in [0.3, 0.4) is 0 Å². The lowest BCUT2D eigenvalue weighted by atomic mass is 10.0. The maximum Gasteiger partial charge on any atom is 0.227 e. The second-order valence-electron chi connectivity index (χ2n) is 4.38. The minimum Gasteiger partial charge on any atom is -0.340 e. The Bertz CT molecular complexity index is 419. The Morgan fingerprint density at radius 1 is 1.39 bits per heavy atom. The zero-order chi connectivity index (χ0) is 12.3. The molecule has 1 fully saturated rings. The molecule has 0 spiro atoms. The summed E-state index contributed by atoms with van der Waals surface area (Å²) in [6.07, 6.45) is 0.295. The number of halogens is 2. The van der Waals surface area contributed by atoms with Gasteiger partial charge in [-0.25, -0.2) is 4.39 Å². The third-order valence-corrected chi connectivity index (χ3v) is 3.12. The number of hydrogen-bond acceptors (Lipinski definition) is 2. The van der Waals surface area contributed by atoms with Gasteiger partial charge < -0.3 is 10.2 Å². The fourth-order valence-electron chi connectivity index (χ4n) is 2.02. The molecule has 0 saturated carbocycles. The zero-order valence-electron chi connectivity index (χ0n) is 10.4. The molecule has 1 N–H and O–H groups in total. The summed E-state index contributed by atoms with van der Waals surface area (Å²) in [5.41, 5.74) is 1.75. The number of hydrogen-bond donors (Lipinski definition) is 1. The number of carbonyl (C=O) groups is 1. The summed E-state index contributed by atoms with van der Waals surface area (Å²) in [5.74, 6) is -0.195. The van der Waals surface area contributed by atoms with Gasteiger partial charge in [-0.15, -0.1) is 12.4 Å². The van der Waals surface area contributed by atoms with Crippen molar-refractivity contribution < 1.29 is 9.18 Å². The van der Waals surface area contributed by atoms with Gasteiger partial charge in [-0.05, 0) is 30.2 Å². The molecule has 0 unspecified atom stereocenters. The van der Waals surface area contributed by atoms with E-state index in [9.17, 15) is 9.18 Å². The van der Waals surface area contributed by atoms with E-state index in [-0.39, 0.29) is 24.1 Å². The molecule has 2 rings (SSSR count). The van der Waals surface area contributed by atoms with Crippen LogP contribution in [0.15, 0.2) is 18.2 Å². The van der Waals surface area contributed by atoms with Crippen LogP contribution in [-0.4, -0.2) is 37.0 Å². The molecule has 0 aromatic heterocycles. The number of nitrogens with one attached hydrogen (secondary N) is 1. The summed E-state index contributed by atoms with van der Waals surface area (Å²) in [5, 5.41) is 3.20. The van der Waals surface area contributed by atoms with Gasteiger partial charge in [-0.2, -0.15) is 0 Å². The zero-order valence-corrected chi connectivity index (χ0v) is 11.2. The highest BCUT2D eigenvalue weighted by molar-refractivity contribution is 5.85. The van der Waals surface area contributed by atoms with Gasteiger partial charge in [0.15, 0.2) is 0 Å². The SMILES string of the molecule is Cc1ccc(F)cc1CC(=O)N1CCNCC1.Cl. The van der Waals surface area contributed by atoms with E-state index in [4.69, 9.17) is 0 Å². The van der Waals surface area contributed by atoms with Gasteiger partial charge in [-0.3, -0.25) is 4.79 Å². The number of piperazine rings is 1. The molecule has 1 aliphatic heterocycles. The van der Waals surface area contributed by atoms with Crippen LogP contribution < -0.4 is 5.32 Å². The Hall–Kier alpha value is -1.13. The first-order chi connectivity index (χ1) is 8.16. The molecule has 1 saturated heterocycles.